The van der Waals surface area contributed by atoms with Crippen LogP contribution >= 0.6 is 20.2 Å². The number of nitrogens with one attached hydrogen (secondary N) is 5. The van der Waals surface area contributed by atoms with E-state index in [0.29, 0.717) is 31.3 Å². The second-order valence-corrected chi connectivity index (χ2v) is 9.43. The summed E-state index contributed by atoms with van der Waals surface area (Å²) in [4.78, 5) is 0. The number of ether oxygens (including phenoxy) is 1. The standard InChI is InChI=1S/C19H37N5O2.2ClH.Mn/c1-15-8-20-5-6-21-16(2)10-24-19(11-23-17(3)9-22-15)14-26-13-18-4-7-25-12-18;;;/h4,7,12,15-17,19-24H,5-6,8-11,13-14H2,1-3H3;2*1H;/q;;;+2/p-2/t15-,16+,17+,19+;;;/m0.../s1. The molecule has 0 aliphatic carbocycles. The molecule has 1 fully saturated rings. The molecule has 1 aliphatic heterocycles. The summed E-state index contributed by atoms with van der Waals surface area (Å²) in [5, 5.41) is 17.9. The molecule has 4 atom stereocenters. The van der Waals surface area contributed by atoms with Gasteiger partial charge >= 0.3 is 33.3 Å². The van der Waals surface area contributed by atoms with Gasteiger partial charge in [-0.3, -0.25) is 0 Å². The van der Waals surface area contributed by atoms with E-state index in [1.165, 1.54) is 0 Å². The molecule has 1 aromatic rings. The first-order valence-electron chi connectivity index (χ1n) is 10.1. The number of furan rings is 1. The molecule has 7 nitrogen and oxygen atoms in total. The number of hydrogen-bond acceptors (Lipinski definition) is 7. The third-order valence-corrected chi connectivity index (χ3v) is 4.61. The molecule has 0 saturated carbocycles. The Kier molecular flexibility index (Phi) is 16.7. The Morgan fingerprint density at radius 1 is 0.966 bits per heavy atom. The van der Waals surface area contributed by atoms with Gasteiger partial charge in [-0.15, -0.1) is 0 Å². The molecule has 2 heterocycles. The molecule has 29 heavy (non-hydrogen) atoms. The first-order chi connectivity index (χ1) is 14.0. The van der Waals surface area contributed by atoms with Crippen molar-refractivity contribution in [2.75, 3.05) is 45.9 Å². The van der Waals surface area contributed by atoms with Gasteiger partial charge in [-0.2, -0.15) is 0 Å². The Morgan fingerprint density at radius 3 is 2.34 bits per heavy atom. The van der Waals surface area contributed by atoms with Crippen LogP contribution in [0.1, 0.15) is 26.3 Å². The van der Waals surface area contributed by atoms with E-state index < -0.39 is 0 Å². The molecule has 0 unspecified atom stereocenters. The van der Waals surface area contributed by atoms with Crippen LogP contribution in [-0.4, -0.2) is 70.0 Å². The van der Waals surface area contributed by atoms with E-state index >= 15 is 0 Å². The van der Waals surface area contributed by atoms with Crippen LogP contribution in [0.4, 0.5) is 0 Å². The predicted molar refractivity (Wildman–Crippen MR) is 117 cm³/mol. The summed E-state index contributed by atoms with van der Waals surface area (Å²) < 4.78 is 11.0. The Bertz CT molecular complexity index is 487. The van der Waals surface area contributed by atoms with Crippen LogP contribution in [0.2, 0.25) is 0 Å². The van der Waals surface area contributed by atoms with Crippen molar-refractivity contribution < 1.29 is 22.3 Å². The fourth-order valence-electron chi connectivity index (χ4n) is 2.89. The first-order valence-corrected chi connectivity index (χ1v) is 13.4. The van der Waals surface area contributed by atoms with Crippen LogP contribution in [0.25, 0.3) is 0 Å². The van der Waals surface area contributed by atoms with Crippen molar-refractivity contribution >= 4 is 20.2 Å². The Hall–Kier alpha value is 0.139. The summed E-state index contributed by atoms with van der Waals surface area (Å²) in [6.07, 6.45) is 3.41. The van der Waals surface area contributed by atoms with E-state index in [9.17, 15) is 0 Å². The van der Waals surface area contributed by atoms with Crippen LogP contribution in [0.15, 0.2) is 23.0 Å². The van der Waals surface area contributed by atoms with Gasteiger partial charge in [-0.05, 0) is 26.8 Å². The fraction of sp³-hybridized carbons (Fsp3) is 0.789. The van der Waals surface area contributed by atoms with Gasteiger partial charge in [0.2, 0.25) is 0 Å². The summed E-state index contributed by atoms with van der Waals surface area (Å²) in [7, 11) is 9.59. The molecular weight excluding hydrogens is 456 g/mol. The van der Waals surface area contributed by atoms with E-state index in [4.69, 9.17) is 29.4 Å². The van der Waals surface area contributed by atoms with Crippen molar-refractivity contribution in [3.05, 3.63) is 24.2 Å². The molecule has 10 heteroatoms. The second-order valence-electron chi connectivity index (χ2n) is 7.48. The molecule has 0 radical (unpaired) electrons. The normalized spacial score (nSPS) is 27.9. The van der Waals surface area contributed by atoms with Crippen LogP contribution < -0.4 is 26.6 Å². The van der Waals surface area contributed by atoms with Crippen LogP contribution in [0.5, 0.6) is 0 Å². The molecule has 1 aliphatic rings. The van der Waals surface area contributed by atoms with Gasteiger partial charge in [-0.1, -0.05) is 0 Å². The summed E-state index contributed by atoms with van der Waals surface area (Å²) in [5.41, 5.74) is 1.07. The summed E-state index contributed by atoms with van der Waals surface area (Å²) in [6, 6.07) is 3.52. The van der Waals surface area contributed by atoms with Gasteiger partial charge in [0.15, 0.2) is 0 Å². The van der Waals surface area contributed by atoms with Crippen molar-refractivity contribution in [1.29, 1.82) is 0 Å². The minimum absolute atomic E-state index is 0.00694. The average Bonchev–Trinajstić information content (AvgIpc) is 3.21. The van der Waals surface area contributed by atoms with Gasteiger partial charge in [0.1, 0.15) is 0 Å². The molecule has 5 N–H and O–H groups in total. The van der Waals surface area contributed by atoms with Crippen LogP contribution in [0.3, 0.4) is 0 Å². The molecule has 1 aromatic heterocycles. The van der Waals surface area contributed by atoms with Gasteiger partial charge in [0, 0.05) is 69.0 Å². The minimum atomic E-state index is 0.00694. The Balaban J connectivity index is 0.00000132. The Morgan fingerprint density at radius 2 is 1.62 bits per heavy atom. The quantitative estimate of drug-likeness (QED) is 0.409. The first kappa shape index (κ1) is 27.2. The maximum absolute atomic E-state index is 5.89. The Labute approximate surface area is 190 Å². The third-order valence-electron chi connectivity index (χ3n) is 4.61. The molecule has 0 spiro atoms. The van der Waals surface area contributed by atoms with Crippen molar-refractivity contribution in [2.45, 2.75) is 51.5 Å². The summed E-state index contributed by atoms with van der Waals surface area (Å²) >= 11 is 0.00694. The summed E-state index contributed by atoms with van der Waals surface area (Å²) in [6.45, 7) is 13.6. The van der Waals surface area contributed by atoms with Crippen molar-refractivity contribution in [2.24, 2.45) is 0 Å². The number of rotatable bonds is 4. The van der Waals surface area contributed by atoms with Crippen LogP contribution in [0, 0.1) is 0 Å². The van der Waals surface area contributed by atoms with E-state index in [2.05, 4.69) is 47.4 Å². The molecule has 0 bridgehead atoms. The van der Waals surface area contributed by atoms with E-state index in [1.807, 2.05) is 6.07 Å². The third kappa shape index (κ3) is 14.7. The number of hydrogen-bond donors (Lipinski definition) is 5. The van der Waals surface area contributed by atoms with Crippen molar-refractivity contribution in [3.8, 4) is 0 Å². The van der Waals surface area contributed by atoms with Crippen molar-refractivity contribution in [3.63, 3.8) is 0 Å². The fourth-order valence-corrected chi connectivity index (χ4v) is 2.89. The SMILES string of the molecule is C[C@@H]1CN[C@@H](COCc2ccoc2)CN[C@H](C)CN[C@@H](C)CNCCN1.[Cl][Mn][Cl]. The summed E-state index contributed by atoms with van der Waals surface area (Å²) in [5.74, 6) is 0. The molecule has 1 saturated heterocycles. The van der Waals surface area contributed by atoms with Gasteiger partial charge in [0.25, 0.3) is 0 Å². The molecular formula is C19H37Cl2MnN5O2. The maximum atomic E-state index is 5.89. The van der Waals surface area contributed by atoms with E-state index in [1.54, 1.807) is 12.5 Å². The van der Waals surface area contributed by atoms with Gasteiger partial charge in [0.05, 0.1) is 25.7 Å². The van der Waals surface area contributed by atoms with Crippen molar-refractivity contribution in [1.82, 2.24) is 26.6 Å². The molecule has 171 valence electrons. The zero-order valence-corrected chi connectivity index (χ0v) is 20.3. The molecule has 0 amide bonds. The zero-order valence-electron chi connectivity index (χ0n) is 17.6. The topological polar surface area (TPSA) is 82.5 Å². The zero-order chi connectivity index (χ0) is 21.3. The van der Waals surface area contributed by atoms with Gasteiger partial charge in [-0.25, -0.2) is 0 Å². The van der Waals surface area contributed by atoms with E-state index in [0.717, 1.165) is 44.8 Å². The average molecular weight is 493 g/mol. The van der Waals surface area contributed by atoms with Gasteiger partial charge < -0.3 is 35.7 Å². The second kappa shape index (κ2) is 17.8. The number of halogens is 2. The monoisotopic (exact) mass is 492 g/mol. The predicted octanol–water partition coefficient (Wildman–Crippen LogP) is 1.67. The molecule has 2 rings (SSSR count). The molecule has 0 aromatic carbocycles. The van der Waals surface area contributed by atoms with E-state index in [-0.39, 0.29) is 19.2 Å². The van der Waals surface area contributed by atoms with Crippen LogP contribution in [-0.2, 0) is 24.5 Å².